The Bertz CT molecular complexity index is 468. The zero-order chi connectivity index (χ0) is 12.6. The molecule has 0 aromatic heterocycles. The molecule has 94 valence electrons. The fourth-order valence-electron chi connectivity index (χ4n) is 1.56. The third-order valence-corrected chi connectivity index (χ3v) is 5.35. The Kier molecular flexibility index (Phi) is 5.52. The van der Waals surface area contributed by atoms with Crippen molar-refractivity contribution in [3.05, 3.63) is 61.7 Å². The van der Waals surface area contributed by atoms with E-state index in [4.69, 9.17) is 4.74 Å². The number of benzene rings is 2. The van der Waals surface area contributed by atoms with E-state index in [-0.39, 0.29) is 21.2 Å². The van der Waals surface area contributed by atoms with Gasteiger partial charge in [0.25, 0.3) is 0 Å². The molecule has 2 aromatic rings. The van der Waals surface area contributed by atoms with Gasteiger partial charge in [-0.15, -0.1) is 0 Å². The van der Waals surface area contributed by atoms with Crippen molar-refractivity contribution < 1.29 is 25.9 Å². The van der Waals surface area contributed by atoms with Crippen LogP contribution in [0.1, 0.15) is 19.8 Å². The first-order valence-electron chi connectivity index (χ1n) is 6.32. The van der Waals surface area contributed by atoms with Gasteiger partial charge in [-0.2, -0.15) is 0 Å². The van der Waals surface area contributed by atoms with E-state index in [0.29, 0.717) is 0 Å². The van der Waals surface area contributed by atoms with Crippen LogP contribution in [-0.2, 0) is 0 Å². The van der Waals surface area contributed by atoms with Crippen LogP contribution in [0, 0.1) is 7.14 Å². The van der Waals surface area contributed by atoms with Gasteiger partial charge in [-0.25, -0.2) is 0 Å². The summed E-state index contributed by atoms with van der Waals surface area (Å²) in [4.78, 5) is 0. The maximum atomic E-state index is 5.88. The standard InChI is InChI=1S/C16H18IO/c1-2-3-13-18-16-12-8-7-11-15(16)17-14-9-5-4-6-10-14/h4-12H,2-3,13H2,1H3/q+1. The van der Waals surface area contributed by atoms with Gasteiger partial charge in [-0.3, -0.25) is 0 Å². The lowest BCUT2D eigenvalue weighted by Crippen LogP contribution is -3.61. The van der Waals surface area contributed by atoms with Gasteiger partial charge in [0, 0.05) is 0 Å². The van der Waals surface area contributed by atoms with E-state index in [1.165, 1.54) is 13.6 Å². The Labute approximate surface area is 119 Å². The molecule has 0 atom stereocenters. The minimum Gasteiger partial charge on any atom is -0.489 e. The number of hydrogen-bond acceptors (Lipinski definition) is 1. The van der Waals surface area contributed by atoms with E-state index >= 15 is 0 Å². The molecule has 0 aliphatic rings. The second-order valence-corrected chi connectivity index (χ2v) is 6.97. The Balaban J connectivity index is 2.07. The lowest BCUT2D eigenvalue weighted by atomic mass is 10.3. The first kappa shape index (κ1) is 13.4. The highest BCUT2D eigenvalue weighted by atomic mass is 127. The van der Waals surface area contributed by atoms with Crippen LogP contribution in [0.15, 0.2) is 54.6 Å². The number of ether oxygens (including phenoxy) is 1. The van der Waals surface area contributed by atoms with Gasteiger partial charge in [0.15, 0.2) is 9.32 Å². The maximum absolute atomic E-state index is 5.88. The summed E-state index contributed by atoms with van der Waals surface area (Å²) in [5.41, 5.74) is 0. The summed E-state index contributed by atoms with van der Waals surface area (Å²) >= 11 is -0.140. The molecule has 0 N–H and O–H groups in total. The van der Waals surface area contributed by atoms with Gasteiger partial charge in [0.05, 0.1) is 6.61 Å². The van der Waals surface area contributed by atoms with Crippen LogP contribution in [0.2, 0.25) is 0 Å². The molecular formula is C16H18IO+. The molecule has 0 aliphatic carbocycles. The lowest BCUT2D eigenvalue weighted by Gasteiger charge is -2.04. The van der Waals surface area contributed by atoms with Crippen molar-refractivity contribution in [3.8, 4) is 5.75 Å². The zero-order valence-corrected chi connectivity index (χ0v) is 12.8. The minimum atomic E-state index is -0.140. The summed E-state index contributed by atoms with van der Waals surface area (Å²) in [5.74, 6) is 1.07. The molecule has 0 spiro atoms. The van der Waals surface area contributed by atoms with Crippen LogP contribution in [0.25, 0.3) is 0 Å². The second kappa shape index (κ2) is 7.41. The first-order chi connectivity index (χ1) is 8.90. The fraction of sp³-hybridized carbons (Fsp3) is 0.250. The highest BCUT2D eigenvalue weighted by Crippen LogP contribution is 2.09. The van der Waals surface area contributed by atoms with E-state index in [1.54, 1.807) is 0 Å². The van der Waals surface area contributed by atoms with Crippen molar-refractivity contribution in [2.24, 2.45) is 0 Å². The second-order valence-electron chi connectivity index (χ2n) is 4.02. The monoisotopic (exact) mass is 353 g/mol. The molecule has 0 bridgehead atoms. The molecule has 0 fully saturated rings. The predicted molar refractivity (Wildman–Crippen MR) is 70.7 cm³/mol. The van der Waals surface area contributed by atoms with Gasteiger partial charge in [0.2, 0.25) is 3.57 Å². The van der Waals surface area contributed by atoms with Gasteiger partial charge < -0.3 is 4.74 Å². The van der Waals surface area contributed by atoms with Crippen molar-refractivity contribution in [2.45, 2.75) is 19.8 Å². The Morgan fingerprint density at radius 1 is 0.944 bits per heavy atom. The van der Waals surface area contributed by atoms with E-state index in [1.807, 2.05) is 0 Å². The van der Waals surface area contributed by atoms with Gasteiger partial charge >= 0.3 is 21.2 Å². The largest absolute Gasteiger partial charge is 0.489 e. The van der Waals surface area contributed by atoms with Gasteiger partial charge in [-0.05, 0) is 30.7 Å². The van der Waals surface area contributed by atoms with Crippen LogP contribution in [0.4, 0.5) is 0 Å². The topological polar surface area (TPSA) is 9.23 Å². The molecule has 1 nitrogen and oxygen atoms in total. The van der Waals surface area contributed by atoms with Crippen molar-refractivity contribution in [1.82, 2.24) is 0 Å². The molecule has 0 aliphatic heterocycles. The molecule has 2 rings (SSSR count). The highest BCUT2D eigenvalue weighted by Gasteiger charge is 2.19. The van der Waals surface area contributed by atoms with Gasteiger partial charge in [-0.1, -0.05) is 43.7 Å². The summed E-state index contributed by atoms with van der Waals surface area (Å²) in [5, 5.41) is 0. The third kappa shape index (κ3) is 4.02. The van der Waals surface area contributed by atoms with Crippen molar-refractivity contribution in [3.63, 3.8) is 0 Å². The summed E-state index contributed by atoms with van der Waals surface area (Å²) in [6.45, 7) is 3.01. The van der Waals surface area contributed by atoms with Crippen LogP contribution in [0.5, 0.6) is 5.75 Å². The summed E-state index contributed by atoms with van der Waals surface area (Å²) < 4.78 is 8.68. The molecule has 2 aromatic carbocycles. The summed E-state index contributed by atoms with van der Waals surface area (Å²) in [6.07, 6.45) is 2.30. The van der Waals surface area contributed by atoms with Crippen molar-refractivity contribution >= 4 is 0 Å². The molecule has 0 unspecified atom stereocenters. The molecule has 0 saturated heterocycles. The summed E-state index contributed by atoms with van der Waals surface area (Å²) in [7, 11) is 0. The average molecular weight is 353 g/mol. The molecule has 18 heavy (non-hydrogen) atoms. The van der Waals surface area contributed by atoms with E-state index in [9.17, 15) is 0 Å². The average Bonchev–Trinajstić information content (AvgIpc) is 2.42. The SMILES string of the molecule is CCCCOc1ccccc1[I+]c1ccccc1. The first-order valence-corrected chi connectivity index (χ1v) is 8.47. The van der Waals surface area contributed by atoms with Crippen LogP contribution >= 0.6 is 0 Å². The number of unbranched alkanes of at least 4 members (excludes halogenated alkanes) is 1. The molecule has 0 radical (unpaired) electrons. The van der Waals surface area contributed by atoms with E-state index in [2.05, 4.69) is 61.5 Å². The van der Waals surface area contributed by atoms with Crippen LogP contribution in [0.3, 0.4) is 0 Å². The number of hydrogen-bond donors (Lipinski definition) is 0. The smallest absolute Gasteiger partial charge is 0.362 e. The number of rotatable bonds is 6. The minimum absolute atomic E-state index is 0.140. The normalized spacial score (nSPS) is 10.3. The Morgan fingerprint density at radius 2 is 1.67 bits per heavy atom. The number of para-hydroxylation sites is 1. The molecule has 0 heterocycles. The highest BCUT2D eigenvalue weighted by molar-refractivity contribution is 5.20. The zero-order valence-electron chi connectivity index (χ0n) is 10.6. The third-order valence-electron chi connectivity index (χ3n) is 2.54. The molecule has 2 heteroatoms. The Hall–Kier alpha value is -1.03. The summed E-state index contributed by atoms with van der Waals surface area (Å²) in [6, 6.07) is 19.1. The maximum Gasteiger partial charge on any atom is 0.362 e. The van der Waals surface area contributed by atoms with E-state index in [0.717, 1.165) is 18.8 Å². The van der Waals surface area contributed by atoms with Crippen molar-refractivity contribution in [2.75, 3.05) is 6.61 Å². The molecule has 0 amide bonds. The van der Waals surface area contributed by atoms with Crippen molar-refractivity contribution in [1.29, 1.82) is 0 Å². The van der Waals surface area contributed by atoms with Crippen LogP contribution in [-0.4, -0.2) is 6.61 Å². The fourth-order valence-corrected chi connectivity index (χ4v) is 4.00. The predicted octanol–water partition coefficient (Wildman–Crippen LogP) is 0.994. The molecular weight excluding hydrogens is 335 g/mol. The van der Waals surface area contributed by atoms with E-state index < -0.39 is 0 Å². The Morgan fingerprint density at radius 3 is 2.44 bits per heavy atom. The molecule has 0 saturated carbocycles. The lowest BCUT2D eigenvalue weighted by molar-refractivity contribution is -0.598. The quantitative estimate of drug-likeness (QED) is 0.556. The number of halogens is 1. The van der Waals surface area contributed by atoms with Crippen LogP contribution < -0.4 is 25.9 Å². The van der Waals surface area contributed by atoms with Gasteiger partial charge in [0.1, 0.15) is 0 Å².